The summed E-state index contributed by atoms with van der Waals surface area (Å²) in [4.78, 5) is 11.9. The summed E-state index contributed by atoms with van der Waals surface area (Å²) in [5.41, 5.74) is -0.265. The van der Waals surface area contributed by atoms with Gasteiger partial charge >= 0.3 is 0 Å². The molecule has 1 amide bonds. The van der Waals surface area contributed by atoms with Gasteiger partial charge in [0.25, 0.3) is 5.91 Å². The molecule has 0 bridgehead atoms. The van der Waals surface area contributed by atoms with Gasteiger partial charge in [0.15, 0.2) is 0 Å². The van der Waals surface area contributed by atoms with E-state index in [0.717, 1.165) is 12.1 Å². The predicted octanol–water partition coefficient (Wildman–Crippen LogP) is 3.14. The van der Waals surface area contributed by atoms with Crippen LogP contribution in [-0.2, 0) is 0 Å². The van der Waals surface area contributed by atoms with E-state index in [1.165, 1.54) is 24.3 Å². The number of carbonyl (C=O) groups is 1. The highest BCUT2D eigenvalue weighted by molar-refractivity contribution is 6.34. The van der Waals surface area contributed by atoms with Crippen LogP contribution in [0.15, 0.2) is 36.4 Å². The Morgan fingerprint density at radius 1 is 1.21 bits per heavy atom. The number of nitrogens with one attached hydrogen (secondary N) is 1. The Labute approximate surface area is 113 Å². The molecular formula is C13H9ClFNO3. The minimum absolute atomic E-state index is 0.0478. The Bertz CT molecular complexity index is 626. The maximum Gasteiger partial charge on any atom is 0.259 e. The number of anilines is 1. The Kier molecular flexibility index (Phi) is 3.57. The second-order valence-corrected chi connectivity index (χ2v) is 4.16. The maximum atomic E-state index is 13.5. The first-order valence-corrected chi connectivity index (χ1v) is 5.64. The molecule has 0 aromatic heterocycles. The van der Waals surface area contributed by atoms with Crippen molar-refractivity contribution >= 4 is 23.2 Å². The normalized spacial score (nSPS) is 10.2. The second kappa shape index (κ2) is 5.16. The average molecular weight is 282 g/mol. The largest absolute Gasteiger partial charge is 0.508 e. The van der Waals surface area contributed by atoms with E-state index < -0.39 is 17.5 Å². The summed E-state index contributed by atoms with van der Waals surface area (Å²) < 4.78 is 13.5. The van der Waals surface area contributed by atoms with Gasteiger partial charge in [-0.05, 0) is 24.3 Å². The quantitative estimate of drug-likeness (QED) is 0.792. The molecule has 0 aliphatic carbocycles. The van der Waals surface area contributed by atoms with Gasteiger partial charge in [0, 0.05) is 6.07 Å². The summed E-state index contributed by atoms with van der Waals surface area (Å²) in [6, 6.07) is 7.45. The van der Waals surface area contributed by atoms with Crippen molar-refractivity contribution in [3.8, 4) is 11.5 Å². The number of phenolic OH excluding ortho intramolecular Hbond substituents is 2. The van der Waals surface area contributed by atoms with Gasteiger partial charge in [-0.25, -0.2) is 4.39 Å². The van der Waals surface area contributed by atoms with E-state index in [0.29, 0.717) is 0 Å². The van der Waals surface area contributed by atoms with Gasteiger partial charge in [0.2, 0.25) is 0 Å². The minimum Gasteiger partial charge on any atom is -0.508 e. The smallest absolute Gasteiger partial charge is 0.259 e. The van der Waals surface area contributed by atoms with Crippen LogP contribution in [-0.4, -0.2) is 16.1 Å². The summed E-state index contributed by atoms with van der Waals surface area (Å²) in [7, 11) is 0. The van der Waals surface area contributed by atoms with Crippen molar-refractivity contribution in [2.24, 2.45) is 0 Å². The summed E-state index contributed by atoms with van der Waals surface area (Å²) in [5, 5.41) is 21.0. The highest BCUT2D eigenvalue weighted by atomic mass is 35.5. The first kappa shape index (κ1) is 13.2. The number of halogens is 2. The van der Waals surface area contributed by atoms with Crippen molar-refractivity contribution in [3.05, 3.63) is 52.8 Å². The van der Waals surface area contributed by atoms with Gasteiger partial charge in [-0.1, -0.05) is 17.7 Å². The van der Waals surface area contributed by atoms with Gasteiger partial charge in [0.05, 0.1) is 16.3 Å². The number of amides is 1. The van der Waals surface area contributed by atoms with Gasteiger partial charge in [-0.3, -0.25) is 4.79 Å². The molecule has 19 heavy (non-hydrogen) atoms. The Hall–Kier alpha value is -2.27. The topological polar surface area (TPSA) is 69.6 Å². The number of benzene rings is 2. The number of phenols is 2. The second-order valence-electron chi connectivity index (χ2n) is 3.75. The van der Waals surface area contributed by atoms with Gasteiger partial charge in [0.1, 0.15) is 17.3 Å². The van der Waals surface area contributed by atoms with Crippen LogP contribution >= 0.6 is 11.6 Å². The zero-order valence-electron chi connectivity index (χ0n) is 9.52. The van der Waals surface area contributed by atoms with Crippen molar-refractivity contribution in [2.45, 2.75) is 0 Å². The molecule has 0 aliphatic heterocycles. The van der Waals surface area contributed by atoms with E-state index >= 15 is 0 Å². The Balaban J connectivity index is 2.31. The van der Waals surface area contributed by atoms with E-state index in [1.54, 1.807) is 0 Å². The molecule has 2 aromatic rings. The first-order valence-electron chi connectivity index (χ1n) is 5.26. The fourth-order valence-electron chi connectivity index (χ4n) is 1.51. The lowest BCUT2D eigenvalue weighted by Gasteiger charge is -2.09. The van der Waals surface area contributed by atoms with Crippen LogP contribution in [0.5, 0.6) is 11.5 Å². The lowest BCUT2D eigenvalue weighted by molar-refractivity contribution is 0.102. The van der Waals surface area contributed by atoms with Crippen LogP contribution in [0.25, 0.3) is 0 Å². The highest BCUT2D eigenvalue weighted by Gasteiger charge is 2.15. The monoisotopic (exact) mass is 281 g/mol. The molecule has 4 nitrogen and oxygen atoms in total. The van der Waals surface area contributed by atoms with Crippen molar-refractivity contribution in [1.29, 1.82) is 0 Å². The fourth-order valence-corrected chi connectivity index (χ4v) is 1.72. The standard InChI is InChI=1S/C13H9ClFNO3/c14-9-2-1-3-10(15)12(9)16-13(19)8-5-4-7(17)6-11(8)18/h1-6,17-18H,(H,16,19). The zero-order chi connectivity index (χ0) is 14.0. The van der Waals surface area contributed by atoms with Crippen molar-refractivity contribution in [3.63, 3.8) is 0 Å². The van der Waals surface area contributed by atoms with Crippen molar-refractivity contribution in [2.75, 3.05) is 5.32 Å². The maximum absolute atomic E-state index is 13.5. The summed E-state index contributed by atoms with van der Waals surface area (Å²) >= 11 is 5.77. The Morgan fingerprint density at radius 3 is 2.58 bits per heavy atom. The van der Waals surface area contributed by atoms with Crippen LogP contribution < -0.4 is 5.32 Å². The number of para-hydroxylation sites is 1. The summed E-state index contributed by atoms with van der Waals surface area (Å²) in [6.07, 6.45) is 0. The molecule has 2 aromatic carbocycles. The molecule has 0 fully saturated rings. The SMILES string of the molecule is O=C(Nc1c(F)cccc1Cl)c1ccc(O)cc1O. The zero-order valence-corrected chi connectivity index (χ0v) is 10.3. The average Bonchev–Trinajstić information content (AvgIpc) is 2.33. The first-order chi connectivity index (χ1) is 8.99. The molecule has 6 heteroatoms. The molecule has 98 valence electrons. The molecule has 0 saturated carbocycles. The lowest BCUT2D eigenvalue weighted by Crippen LogP contribution is -2.13. The van der Waals surface area contributed by atoms with Crippen LogP contribution in [0, 0.1) is 5.82 Å². The molecule has 0 atom stereocenters. The van der Waals surface area contributed by atoms with E-state index in [-0.39, 0.29) is 22.0 Å². The molecule has 3 N–H and O–H groups in total. The molecule has 0 unspecified atom stereocenters. The number of hydrogen-bond acceptors (Lipinski definition) is 3. The molecule has 0 spiro atoms. The third kappa shape index (κ3) is 2.77. The van der Waals surface area contributed by atoms with E-state index in [1.807, 2.05) is 0 Å². The molecule has 0 aliphatic rings. The van der Waals surface area contributed by atoms with E-state index in [4.69, 9.17) is 16.7 Å². The highest BCUT2D eigenvalue weighted by Crippen LogP contribution is 2.27. The third-order valence-electron chi connectivity index (χ3n) is 2.43. The molecule has 2 rings (SSSR count). The van der Waals surface area contributed by atoms with Crippen LogP contribution in [0.2, 0.25) is 5.02 Å². The number of aromatic hydroxyl groups is 2. The van der Waals surface area contributed by atoms with Crippen molar-refractivity contribution in [1.82, 2.24) is 0 Å². The molecule has 0 saturated heterocycles. The fraction of sp³-hybridized carbons (Fsp3) is 0. The summed E-state index contributed by atoms with van der Waals surface area (Å²) in [5.74, 6) is -2.01. The number of carbonyl (C=O) groups excluding carboxylic acids is 1. The Morgan fingerprint density at radius 2 is 1.95 bits per heavy atom. The minimum atomic E-state index is -0.732. The lowest BCUT2D eigenvalue weighted by atomic mass is 10.1. The molecule has 0 radical (unpaired) electrons. The van der Waals surface area contributed by atoms with Crippen LogP contribution in [0.3, 0.4) is 0 Å². The van der Waals surface area contributed by atoms with Crippen LogP contribution in [0.4, 0.5) is 10.1 Å². The van der Waals surface area contributed by atoms with E-state index in [2.05, 4.69) is 5.32 Å². The third-order valence-corrected chi connectivity index (χ3v) is 2.74. The van der Waals surface area contributed by atoms with E-state index in [9.17, 15) is 14.3 Å². The molecular weight excluding hydrogens is 273 g/mol. The number of hydrogen-bond donors (Lipinski definition) is 3. The number of rotatable bonds is 2. The van der Waals surface area contributed by atoms with Crippen LogP contribution in [0.1, 0.15) is 10.4 Å². The molecule has 0 heterocycles. The predicted molar refractivity (Wildman–Crippen MR) is 69.1 cm³/mol. The summed E-state index contributed by atoms with van der Waals surface area (Å²) in [6.45, 7) is 0. The van der Waals surface area contributed by atoms with Crippen molar-refractivity contribution < 1.29 is 19.4 Å². The van der Waals surface area contributed by atoms with Gasteiger partial charge in [-0.15, -0.1) is 0 Å². The van der Waals surface area contributed by atoms with Gasteiger partial charge in [-0.2, -0.15) is 0 Å². The van der Waals surface area contributed by atoms with Gasteiger partial charge < -0.3 is 15.5 Å².